The Morgan fingerprint density at radius 1 is 1.41 bits per heavy atom. The number of rotatable bonds is 5. The zero-order chi connectivity index (χ0) is 21.6. The van der Waals surface area contributed by atoms with E-state index < -0.39 is 5.92 Å². The first-order valence-corrected chi connectivity index (χ1v) is 10.3. The number of dihydropyridines is 1. The molecule has 0 spiro atoms. The van der Waals surface area contributed by atoms with Gasteiger partial charge >= 0.3 is 0 Å². The number of hydrogen-bond acceptors (Lipinski definition) is 6. The fourth-order valence-electron chi connectivity index (χ4n) is 3.78. The zero-order valence-corrected chi connectivity index (χ0v) is 18.3. The van der Waals surface area contributed by atoms with E-state index >= 15 is 0 Å². The number of ether oxygens (including phenoxy) is 1. The molecule has 156 valence electrons. The molecule has 6 nitrogen and oxygen atoms in total. The molecular formula is C22H29ClN4O2. The van der Waals surface area contributed by atoms with Crippen LogP contribution in [0.15, 0.2) is 41.0 Å². The second-order valence-corrected chi connectivity index (χ2v) is 8.04. The van der Waals surface area contributed by atoms with Crippen LogP contribution >= 0.6 is 11.6 Å². The molecule has 7 heteroatoms. The van der Waals surface area contributed by atoms with Crippen LogP contribution in [0.25, 0.3) is 0 Å². The highest BCUT2D eigenvalue weighted by Crippen LogP contribution is 2.47. The Hall–Kier alpha value is -2.20. The van der Waals surface area contributed by atoms with Crippen LogP contribution in [0.5, 0.6) is 0 Å². The average molecular weight is 417 g/mol. The van der Waals surface area contributed by atoms with E-state index in [-0.39, 0.29) is 17.8 Å². The number of carbonyl (C=O) groups excluding carboxylic acids is 1. The summed E-state index contributed by atoms with van der Waals surface area (Å²) in [6.07, 6.45) is 4.31. The van der Waals surface area contributed by atoms with Gasteiger partial charge in [0.25, 0.3) is 0 Å². The summed E-state index contributed by atoms with van der Waals surface area (Å²) < 4.78 is 5.58. The highest BCUT2D eigenvalue weighted by Gasteiger charge is 2.42. The molecule has 1 aromatic rings. The Labute approximate surface area is 177 Å². The van der Waals surface area contributed by atoms with Gasteiger partial charge in [-0.3, -0.25) is 9.78 Å². The Morgan fingerprint density at radius 3 is 2.76 bits per heavy atom. The van der Waals surface area contributed by atoms with Crippen molar-refractivity contribution in [2.45, 2.75) is 46.5 Å². The van der Waals surface area contributed by atoms with Gasteiger partial charge in [0.2, 0.25) is 0 Å². The molecule has 1 aromatic heterocycles. The molecule has 2 heterocycles. The van der Waals surface area contributed by atoms with Crippen molar-refractivity contribution in [2.75, 3.05) is 19.8 Å². The molecule has 3 rings (SSSR count). The van der Waals surface area contributed by atoms with E-state index in [9.17, 15) is 10.1 Å². The molecule has 0 aromatic carbocycles. The minimum Gasteiger partial charge on any atom is -0.374 e. The van der Waals surface area contributed by atoms with E-state index in [2.05, 4.69) is 30.2 Å². The van der Waals surface area contributed by atoms with Crippen molar-refractivity contribution in [2.24, 2.45) is 11.1 Å². The molecule has 1 atom stereocenters. The number of nitriles is 1. The number of pyridine rings is 1. The lowest BCUT2D eigenvalue weighted by atomic mass is 9.69. The molecule has 0 bridgehead atoms. The van der Waals surface area contributed by atoms with Crippen LogP contribution < -0.4 is 11.1 Å². The van der Waals surface area contributed by atoms with Crippen LogP contribution in [0.4, 0.5) is 0 Å². The van der Waals surface area contributed by atoms with Crippen LogP contribution in [-0.2, 0) is 9.53 Å². The predicted molar refractivity (Wildman–Crippen MR) is 114 cm³/mol. The monoisotopic (exact) mass is 416 g/mol. The van der Waals surface area contributed by atoms with Gasteiger partial charge in [-0.25, -0.2) is 0 Å². The largest absolute Gasteiger partial charge is 0.374 e. The smallest absolute Gasteiger partial charge is 0.162 e. The quantitative estimate of drug-likeness (QED) is 0.707. The van der Waals surface area contributed by atoms with E-state index in [1.165, 1.54) is 6.20 Å². The fraction of sp³-hybridized carbons (Fsp3) is 0.500. The Bertz CT molecular complexity index is 868. The number of nitrogens with zero attached hydrogens (tertiary/aromatic N) is 2. The lowest BCUT2D eigenvalue weighted by Crippen LogP contribution is -2.38. The van der Waals surface area contributed by atoms with Gasteiger partial charge in [0.05, 0.1) is 41.5 Å². The maximum atomic E-state index is 13.0. The standard InChI is InChI=1S/C20H23ClN4O2.C2H6/c1-20(2)7-15-19(17(26)8-20)18(12-3-5-24-10-14(12)21)13(9-23)16(25-15)11-27-6-4-22;1-2/h3,5,10,18,25H,4,6-8,11,22H2,1-2H3;1-2H3. The van der Waals surface area contributed by atoms with Crippen molar-refractivity contribution in [3.8, 4) is 6.07 Å². The second kappa shape index (κ2) is 10.0. The summed E-state index contributed by atoms with van der Waals surface area (Å²) in [7, 11) is 0. The average Bonchev–Trinajstić information content (AvgIpc) is 2.68. The first-order chi connectivity index (χ1) is 13.9. The molecule has 1 aliphatic carbocycles. The summed E-state index contributed by atoms with van der Waals surface area (Å²) in [4.78, 5) is 17.1. The molecule has 2 aliphatic rings. The van der Waals surface area contributed by atoms with Crippen LogP contribution in [0.1, 0.15) is 52.0 Å². The third-order valence-electron chi connectivity index (χ3n) is 4.87. The van der Waals surface area contributed by atoms with Crippen molar-refractivity contribution in [1.82, 2.24) is 10.3 Å². The van der Waals surface area contributed by atoms with Gasteiger partial charge < -0.3 is 15.8 Å². The molecule has 0 fully saturated rings. The Balaban J connectivity index is 0.00000145. The first kappa shape index (κ1) is 23.1. The molecule has 29 heavy (non-hydrogen) atoms. The van der Waals surface area contributed by atoms with Crippen molar-refractivity contribution in [3.63, 3.8) is 0 Å². The van der Waals surface area contributed by atoms with Crippen molar-refractivity contribution in [3.05, 3.63) is 51.6 Å². The van der Waals surface area contributed by atoms with Gasteiger partial charge in [-0.05, 0) is 23.5 Å². The number of carbonyl (C=O) groups is 1. The number of nitrogens with one attached hydrogen (secondary N) is 1. The highest BCUT2D eigenvalue weighted by molar-refractivity contribution is 6.31. The number of ketones is 1. The Kier molecular flexibility index (Phi) is 7.97. The van der Waals surface area contributed by atoms with Crippen LogP contribution in [0, 0.1) is 16.7 Å². The number of halogens is 1. The summed E-state index contributed by atoms with van der Waals surface area (Å²) in [5, 5.41) is 13.6. The summed E-state index contributed by atoms with van der Waals surface area (Å²) in [5.74, 6) is -0.469. The molecular weight excluding hydrogens is 388 g/mol. The van der Waals surface area contributed by atoms with Gasteiger partial charge in [-0.15, -0.1) is 0 Å². The lowest BCUT2D eigenvalue weighted by molar-refractivity contribution is -0.118. The van der Waals surface area contributed by atoms with Gasteiger partial charge in [0, 0.05) is 36.6 Å². The molecule has 0 amide bonds. The Morgan fingerprint density at radius 2 is 2.14 bits per heavy atom. The highest BCUT2D eigenvalue weighted by atomic mass is 35.5. The third-order valence-corrected chi connectivity index (χ3v) is 5.18. The van der Waals surface area contributed by atoms with E-state index in [4.69, 9.17) is 22.1 Å². The SMILES string of the molecule is CC.CC1(C)CC(=O)C2=C(C1)NC(COCCN)=C(C#N)C2c1ccncc1Cl. The normalized spacial score (nSPS) is 20.3. The van der Waals surface area contributed by atoms with Crippen molar-refractivity contribution in [1.29, 1.82) is 5.26 Å². The minimum absolute atomic E-state index is 0.0429. The van der Waals surface area contributed by atoms with E-state index in [1.807, 2.05) is 13.8 Å². The second-order valence-electron chi connectivity index (χ2n) is 7.63. The molecule has 0 saturated carbocycles. The number of allylic oxidation sites excluding steroid dienone is 3. The van der Waals surface area contributed by atoms with Gasteiger partial charge in [0.1, 0.15) is 0 Å². The zero-order valence-electron chi connectivity index (χ0n) is 17.5. The summed E-state index contributed by atoms with van der Waals surface area (Å²) in [6.45, 7) is 9.15. The molecule has 1 aliphatic heterocycles. The molecule has 0 saturated heterocycles. The van der Waals surface area contributed by atoms with Gasteiger partial charge in [0.15, 0.2) is 5.78 Å². The fourth-order valence-corrected chi connectivity index (χ4v) is 4.01. The number of hydrogen-bond donors (Lipinski definition) is 2. The maximum absolute atomic E-state index is 13.0. The lowest BCUT2D eigenvalue weighted by Gasteiger charge is -2.39. The summed E-state index contributed by atoms with van der Waals surface area (Å²) in [6, 6.07) is 4.04. The van der Waals surface area contributed by atoms with Crippen molar-refractivity contribution >= 4 is 17.4 Å². The number of nitrogens with two attached hydrogens (primary N) is 1. The van der Waals surface area contributed by atoms with Crippen LogP contribution in [0.3, 0.4) is 0 Å². The molecule has 1 unspecified atom stereocenters. The maximum Gasteiger partial charge on any atom is 0.162 e. The molecule has 3 N–H and O–H groups in total. The number of Topliss-reactive ketones (excluding diaryl/α,β-unsaturated/α-hetero) is 1. The van der Waals surface area contributed by atoms with Gasteiger partial charge in [-0.2, -0.15) is 5.26 Å². The molecule has 0 radical (unpaired) electrons. The predicted octanol–water partition coefficient (Wildman–Crippen LogP) is 3.84. The van der Waals surface area contributed by atoms with E-state index in [1.54, 1.807) is 12.3 Å². The third kappa shape index (κ3) is 5.05. The van der Waals surface area contributed by atoms with Crippen molar-refractivity contribution < 1.29 is 9.53 Å². The topological polar surface area (TPSA) is 101 Å². The number of aromatic nitrogens is 1. The first-order valence-electron chi connectivity index (χ1n) is 9.91. The van der Waals surface area contributed by atoms with Crippen LogP contribution in [-0.4, -0.2) is 30.5 Å². The minimum atomic E-state index is -0.512. The van der Waals surface area contributed by atoms with E-state index in [0.717, 1.165) is 5.70 Å². The van der Waals surface area contributed by atoms with E-state index in [0.29, 0.717) is 53.4 Å². The summed E-state index contributed by atoms with van der Waals surface area (Å²) >= 11 is 6.39. The van der Waals surface area contributed by atoms with Crippen LogP contribution in [0.2, 0.25) is 5.02 Å². The summed E-state index contributed by atoms with van der Waals surface area (Å²) in [5.41, 5.74) is 8.65. The van der Waals surface area contributed by atoms with Gasteiger partial charge in [-0.1, -0.05) is 39.3 Å².